The van der Waals surface area contributed by atoms with Crippen LogP contribution in [-0.4, -0.2) is 28.4 Å². The van der Waals surface area contributed by atoms with Gasteiger partial charge in [-0.2, -0.15) is 0 Å². The smallest absolute Gasteiger partial charge is 0.348 e. The van der Waals surface area contributed by atoms with Gasteiger partial charge in [-0.05, 0) is 37.6 Å². The molecule has 0 spiro atoms. The first-order chi connectivity index (χ1) is 10.6. The first kappa shape index (κ1) is 16.8. The van der Waals surface area contributed by atoms with Gasteiger partial charge in [-0.1, -0.05) is 24.0 Å². The average molecular weight is 314 g/mol. The second-order valence-electron chi connectivity index (χ2n) is 6.17. The number of carbonyl (C=O) groups is 2. The minimum absolute atomic E-state index is 0.153. The summed E-state index contributed by atoms with van der Waals surface area (Å²) in [4.78, 5) is 23.7. The summed E-state index contributed by atoms with van der Waals surface area (Å²) in [6.45, 7) is 6.19. The molecule has 1 N–H and O–H groups in total. The molecule has 0 amide bonds. The number of esters is 2. The van der Waals surface area contributed by atoms with Crippen molar-refractivity contribution in [3.8, 4) is 11.8 Å². The van der Waals surface area contributed by atoms with Crippen molar-refractivity contribution in [2.75, 3.05) is 0 Å². The minimum atomic E-state index is -1.25. The van der Waals surface area contributed by atoms with Crippen LogP contribution in [0.25, 0.3) is 6.08 Å². The van der Waals surface area contributed by atoms with Crippen molar-refractivity contribution < 1.29 is 24.2 Å². The maximum absolute atomic E-state index is 11.9. The number of rotatable bonds is 1. The fourth-order valence-electron chi connectivity index (χ4n) is 1.83. The molecule has 1 aliphatic rings. The molecular weight excluding hydrogens is 296 g/mol. The van der Waals surface area contributed by atoms with E-state index in [9.17, 15) is 14.7 Å². The lowest BCUT2D eigenvalue weighted by molar-refractivity contribution is -0.222. The van der Waals surface area contributed by atoms with Crippen molar-refractivity contribution in [1.29, 1.82) is 0 Å². The number of hydrogen-bond donors (Lipinski definition) is 1. The van der Waals surface area contributed by atoms with Gasteiger partial charge in [-0.15, -0.1) is 0 Å². The number of cyclic esters (lactones) is 2. The van der Waals surface area contributed by atoms with Gasteiger partial charge in [0, 0.05) is 19.4 Å². The second-order valence-corrected chi connectivity index (χ2v) is 6.17. The third-order valence-electron chi connectivity index (χ3n) is 2.85. The van der Waals surface area contributed by atoms with Crippen LogP contribution in [-0.2, 0) is 19.1 Å². The molecule has 0 aromatic heterocycles. The van der Waals surface area contributed by atoms with Crippen LogP contribution in [0.5, 0.6) is 0 Å². The molecule has 1 saturated heterocycles. The highest BCUT2D eigenvalue weighted by Gasteiger charge is 2.38. The Morgan fingerprint density at radius 3 is 2.09 bits per heavy atom. The van der Waals surface area contributed by atoms with E-state index in [4.69, 9.17) is 9.47 Å². The summed E-state index contributed by atoms with van der Waals surface area (Å²) >= 11 is 0. The molecule has 2 rings (SSSR count). The summed E-state index contributed by atoms with van der Waals surface area (Å²) in [6.07, 6.45) is 1.41. The Balaban J connectivity index is 2.22. The van der Waals surface area contributed by atoms with E-state index < -0.39 is 23.3 Å². The fraction of sp³-hybridized carbons (Fsp3) is 0.333. The summed E-state index contributed by atoms with van der Waals surface area (Å²) in [5.74, 6) is 2.87. The van der Waals surface area contributed by atoms with Gasteiger partial charge < -0.3 is 14.6 Å². The Morgan fingerprint density at radius 2 is 1.61 bits per heavy atom. The van der Waals surface area contributed by atoms with Gasteiger partial charge in [0.15, 0.2) is 0 Å². The zero-order chi connectivity index (χ0) is 17.3. The Kier molecular flexibility index (Phi) is 4.31. The van der Waals surface area contributed by atoms with Gasteiger partial charge in [0.2, 0.25) is 0 Å². The number of hydrogen-bond acceptors (Lipinski definition) is 5. The first-order valence-electron chi connectivity index (χ1n) is 7.10. The molecule has 0 aliphatic carbocycles. The number of benzene rings is 1. The molecule has 0 saturated carbocycles. The van der Waals surface area contributed by atoms with Crippen LogP contribution >= 0.6 is 0 Å². The summed E-state index contributed by atoms with van der Waals surface area (Å²) in [6, 6.07) is 6.88. The lowest BCUT2D eigenvalue weighted by Gasteiger charge is -2.29. The van der Waals surface area contributed by atoms with Crippen LogP contribution in [0.1, 0.15) is 38.8 Å². The van der Waals surface area contributed by atoms with Gasteiger partial charge in [0.25, 0.3) is 5.79 Å². The highest BCUT2D eigenvalue weighted by molar-refractivity contribution is 6.18. The molecule has 1 fully saturated rings. The quantitative estimate of drug-likeness (QED) is 0.372. The topological polar surface area (TPSA) is 72.8 Å². The van der Waals surface area contributed by atoms with E-state index in [-0.39, 0.29) is 5.57 Å². The molecule has 1 aromatic rings. The van der Waals surface area contributed by atoms with Gasteiger partial charge in [-0.3, -0.25) is 0 Å². The van der Waals surface area contributed by atoms with Crippen LogP contribution in [0.4, 0.5) is 0 Å². The zero-order valence-corrected chi connectivity index (χ0v) is 13.5. The third-order valence-corrected chi connectivity index (χ3v) is 2.85. The number of carbonyl (C=O) groups excluding carboxylic acids is 2. The highest BCUT2D eigenvalue weighted by Crippen LogP contribution is 2.24. The molecule has 120 valence electrons. The fourth-order valence-corrected chi connectivity index (χ4v) is 1.83. The molecule has 5 nitrogen and oxygen atoms in total. The van der Waals surface area contributed by atoms with E-state index in [1.165, 1.54) is 19.9 Å². The van der Waals surface area contributed by atoms with E-state index in [1.54, 1.807) is 38.1 Å². The molecule has 0 radical (unpaired) electrons. The average Bonchev–Trinajstić information content (AvgIpc) is 2.40. The number of aliphatic hydroxyl groups is 1. The van der Waals surface area contributed by atoms with Crippen molar-refractivity contribution in [2.45, 2.75) is 39.1 Å². The van der Waals surface area contributed by atoms with Crippen LogP contribution in [0.3, 0.4) is 0 Å². The summed E-state index contributed by atoms with van der Waals surface area (Å²) in [7, 11) is 0. The second kappa shape index (κ2) is 5.90. The molecule has 0 atom stereocenters. The Labute approximate surface area is 134 Å². The predicted octanol–water partition coefficient (Wildman–Crippen LogP) is 2.03. The third kappa shape index (κ3) is 4.70. The standard InChI is InChI=1S/C18H18O5/c1-17(2,21)10-9-12-5-7-13(8-6-12)11-14-15(19)22-18(3,4)23-16(14)20/h5-8,11,21H,1-4H3. The van der Waals surface area contributed by atoms with Gasteiger partial charge in [0.05, 0.1) is 0 Å². The van der Waals surface area contributed by atoms with E-state index in [2.05, 4.69) is 11.8 Å². The largest absolute Gasteiger partial charge is 0.419 e. The van der Waals surface area contributed by atoms with Gasteiger partial charge in [-0.25, -0.2) is 9.59 Å². The van der Waals surface area contributed by atoms with Crippen molar-refractivity contribution >= 4 is 18.0 Å². The molecule has 0 unspecified atom stereocenters. The summed E-state index contributed by atoms with van der Waals surface area (Å²) in [5.41, 5.74) is 0.134. The van der Waals surface area contributed by atoms with Crippen molar-refractivity contribution in [1.82, 2.24) is 0 Å². The normalized spacial score (nSPS) is 16.8. The Morgan fingerprint density at radius 1 is 1.09 bits per heavy atom. The summed E-state index contributed by atoms with van der Waals surface area (Å²) in [5, 5.41) is 9.56. The molecular formula is C18H18O5. The predicted molar refractivity (Wildman–Crippen MR) is 83.9 cm³/mol. The summed E-state index contributed by atoms with van der Waals surface area (Å²) < 4.78 is 10.1. The van der Waals surface area contributed by atoms with Crippen LogP contribution in [0.2, 0.25) is 0 Å². The maximum Gasteiger partial charge on any atom is 0.348 e. The van der Waals surface area contributed by atoms with E-state index in [0.717, 1.165) is 0 Å². The Hall–Kier alpha value is -2.58. The molecule has 1 aliphatic heterocycles. The van der Waals surface area contributed by atoms with Crippen molar-refractivity contribution in [3.05, 3.63) is 41.0 Å². The van der Waals surface area contributed by atoms with Gasteiger partial charge >= 0.3 is 11.9 Å². The van der Waals surface area contributed by atoms with Crippen molar-refractivity contribution in [2.24, 2.45) is 0 Å². The van der Waals surface area contributed by atoms with E-state index in [0.29, 0.717) is 11.1 Å². The highest BCUT2D eigenvalue weighted by atomic mass is 16.7. The molecule has 23 heavy (non-hydrogen) atoms. The molecule has 5 heteroatoms. The van der Waals surface area contributed by atoms with Crippen LogP contribution < -0.4 is 0 Å². The Bertz CT molecular complexity index is 699. The zero-order valence-electron chi connectivity index (χ0n) is 13.5. The first-order valence-corrected chi connectivity index (χ1v) is 7.10. The lowest BCUT2D eigenvalue weighted by Crippen LogP contribution is -2.41. The molecule has 0 bridgehead atoms. The SMILES string of the molecule is CC(C)(O)C#Cc1ccc(C=C2C(=O)OC(C)(C)OC2=O)cc1. The lowest BCUT2D eigenvalue weighted by atomic mass is 10.1. The molecule has 1 aromatic carbocycles. The maximum atomic E-state index is 11.9. The van der Waals surface area contributed by atoms with E-state index in [1.807, 2.05) is 0 Å². The van der Waals surface area contributed by atoms with Crippen molar-refractivity contribution in [3.63, 3.8) is 0 Å². The minimum Gasteiger partial charge on any atom is -0.419 e. The monoisotopic (exact) mass is 314 g/mol. The van der Waals surface area contributed by atoms with Crippen LogP contribution in [0.15, 0.2) is 29.8 Å². The van der Waals surface area contributed by atoms with Gasteiger partial charge in [0.1, 0.15) is 11.2 Å². The van der Waals surface area contributed by atoms with Crippen LogP contribution in [0, 0.1) is 11.8 Å². The van der Waals surface area contributed by atoms with E-state index >= 15 is 0 Å². The molecule has 1 heterocycles. The number of ether oxygens (including phenoxy) is 2.